The molecule has 0 bridgehead atoms. The number of methoxy groups -OCH3 is 2. The standard InChI is InChI=1S/C17H20N2O4.ClH/c1-11-10-13(19(3)17(21)18(11)2)8-6-12-7-9-14(22-4)15(20)16(12)23-5;/h6-10H,1-5H3;1H/b8-6+;. The predicted octanol–water partition coefficient (Wildman–Crippen LogP) is -1.58. The van der Waals surface area contributed by atoms with E-state index in [1.807, 2.05) is 13.0 Å². The summed E-state index contributed by atoms with van der Waals surface area (Å²) in [4.78, 5) is 12.1. The molecule has 0 unspecified atom stereocenters. The van der Waals surface area contributed by atoms with Crippen LogP contribution in [0, 0.1) is 6.92 Å². The highest BCUT2D eigenvalue weighted by atomic mass is 35.5. The van der Waals surface area contributed by atoms with E-state index in [0.717, 1.165) is 11.4 Å². The normalized spacial score (nSPS) is 10.5. The lowest BCUT2D eigenvalue weighted by molar-refractivity contribution is -0.692. The van der Waals surface area contributed by atoms with E-state index in [9.17, 15) is 9.90 Å². The second-order valence-corrected chi connectivity index (χ2v) is 5.18. The molecule has 0 fully saturated rings. The summed E-state index contributed by atoms with van der Waals surface area (Å²) in [6.45, 7) is 1.87. The van der Waals surface area contributed by atoms with Gasteiger partial charge in [0.25, 0.3) is 0 Å². The summed E-state index contributed by atoms with van der Waals surface area (Å²) in [6, 6.07) is 5.35. The minimum Gasteiger partial charge on any atom is -1.00 e. The van der Waals surface area contributed by atoms with Gasteiger partial charge in [0.15, 0.2) is 11.5 Å². The van der Waals surface area contributed by atoms with Gasteiger partial charge in [0, 0.05) is 11.6 Å². The maximum absolute atomic E-state index is 12.1. The van der Waals surface area contributed by atoms with Crippen molar-refractivity contribution in [2.24, 2.45) is 14.1 Å². The van der Waals surface area contributed by atoms with Crippen LogP contribution in [0.5, 0.6) is 17.2 Å². The highest BCUT2D eigenvalue weighted by Crippen LogP contribution is 2.39. The zero-order chi connectivity index (χ0) is 17.1. The molecule has 2 rings (SSSR count). The lowest BCUT2D eigenvalue weighted by Gasteiger charge is -2.10. The Hall–Kier alpha value is -2.47. The van der Waals surface area contributed by atoms with Crippen LogP contribution in [0.1, 0.15) is 17.0 Å². The number of rotatable bonds is 4. The zero-order valence-electron chi connectivity index (χ0n) is 14.3. The molecule has 1 aromatic carbocycles. The van der Waals surface area contributed by atoms with Gasteiger partial charge in [-0.2, -0.15) is 13.9 Å². The third-order valence-electron chi connectivity index (χ3n) is 3.83. The number of benzene rings is 1. The van der Waals surface area contributed by atoms with E-state index < -0.39 is 0 Å². The molecule has 130 valence electrons. The largest absolute Gasteiger partial charge is 1.00 e. The Kier molecular flexibility index (Phi) is 6.42. The monoisotopic (exact) mass is 352 g/mol. The van der Waals surface area contributed by atoms with Crippen LogP contribution in [-0.4, -0.2) is 23.9 Å². The number of ether oxygens (including phenoxy) is 2. The molecule has 1 heterocycles. The number of aryl methyl sites for hydroxylation is 1. The van der Waals surface area contributed by atoms with Crippen LogP contribution < -0.4 is 32.1 Å². The van der Waals surface area contributed by atoms with Crippen LogP contribution in [0.2, 0.25) is 0 Å². The maximum atomic E-state index is 12.1. The molecule has 0 saturated heterocycles. The van der Waals surface area contributed by atoms with Crippen molar-refractivity contribution in [2.75, 3.05) is 14.2 Å². The maximum Gasteiger partial charge on any atom is 0.498 e. The number of phenolic OH excluding ortho intramolecular Hbond substituents is 1. The fraction of sp³-hybridized carbons (Fsp3) is 0.294. The number of phenols is 1. The molecule has 1 aromatic heterocycles. The first kappa shape index (κ1) is 19.6. The minimum absolute atomic E-state index is 0. The van der Waals surface area contributed by atoms with Gasteiger partial charge >= 0.3 is 5.69 Å². The first-order chi connectivity index (χ1) is 10.9. The van der Waals surface area contributed by atoms with E-state index in [1.165, 1.54) is 14.2 Å². The van der Waals surface area contributed by atoms with E-state index >= 15 is 0 Å². The van der Waals surface area contributed by atoms with Crippen molar-refractivity contribution in [3.63, 3.8) is 0 Å². The Bertz CT molecular complexity index is 828. The first-order valence-electron chi connectivity index (χ1n) is 7.09. The fourth-order valence-electron chi connectivity index (χ4n) is 2.31. The van der Waals surface area contributed by atoms with E-state index in [2.05, 4.69) is 0 Å². The van der Waals surface area contributed by atoms with Gasteiger partial charge < -0.3 is 27.0 Å². The molecule has 0 aliphatic carbocycles. The molecule has 0 aliphatic rings. The second-order valence-electron chi connectivity index (χ2n) is 5.18. The number of hydrogen-bond acceptors (Lipinski definition) is 4. The Balaban J connectivity index is 0.00000288. The van der Waals surface area contributed by atoms with Gasteiger partial charge in [-0.3, -0.25) is 0 Å². The molecular formula is C17H21ClN2O4. The lowest BCUT2D eigenvalue weighted by Crippen LogP contribution is -3.00. The second kappa shape index (κ2) is 7.88. The van der Waals surface area contributed by atoms with Gasteiger partial charge in [-0.05, 0) is 31.2 Å². The van der Waals surface area contributed by atoms with Crippen molar-refractivity contribution in [2.45, 2.75) is 6.92 Å². The molecule has 0 spiro atoms. The Morgan fingerprint density at radius 1 is 1.21 bits per heavy atom. The molecule has 0 radical (unpaired) electrons. The quantitative estimate of drug-likeness (QED) is 0.674. The first-order valence-corrected chi connectivity index (χ1v) is 7.09. The Morgan fingerprint density at radius 2 is 1.88 bits per heavy atom. The highest BCUT2D eigenvalue weighted by molar-refractivity contribution is 5.74. The number of nitrogens with zero attached hydrogens (tertiary/aromatic N) is 2. The van der Waals surface area contributed by atoms with Crippen molar-refractivity contribution in [1.29, 1.82) is 0 Å². The average Bonchev–Trinajstić information content (AvgIpc) is 2.55. The fourth-order valence-corrected chi connectivity index (χ4v) is 2.31. The van der Waals surface area contributed by atoms with Gasteiger partial charge in [0.1, 0.15) is 11.4 Å². The summed E-state index contributed by atoms with van der Waals surface area (Å²) in [5.74, 6) is 0.611. The molecule has 7 heteroatoms. The SMILES string of the molecule is COc1ccc(/C=C/c2cc(C)n(C)c(=O)[n+]2C)c(OC)c1O.[Cl-]. The van der Waals surface area contributed by atoms with Gasteiger partial charge in [-0.25, -0.2) is 0 Å². The summed E-state index contributed by atoms with van der Waals surface area (Å²) in [6.07, 6.45) is 3.59. The van der Waals surface area contributed by atoms with Crippen LogP contribution in [0.15, 0.2) is 23.0 Å². The molecule has 0 aliphatic heterocycles. The zero-order valence-corrected chi connectivity index (χ0v) is 15.1. The van der Waals surface area contributed by atoms with Gasteiger partial charge in [-0.15, -0.1) is 0 Å². The molecule has 0 atom stereocenters. The van der Waals surface area contributed by atoms with Crippen LogP contribution in [0.3, 0.4) is 0 Å². The van der Waals surface area contributed by atoms with Gasteiger partial charge in [0.05, 0.1) is 28.3 Å². The van der Waals surface area contributed by atoms with Crippen LogP contribution in [0.4, 0.5) is 0 Å². The van der Waals surface area contributed by atoms with Crippen molar-refractivity contribution >= 4 is 12.2 Å². The Labute approximate surface area is 147 Å². The lowest BCUT2D eigenvalue weighted by atomic mass is 10.1. The smallest absolute Gasteiger partial charge is 0.498 e. The molecule has 1 N–H and O–H groups in total. The van der Waals surface area contributed by atoms with Crippen LogP contribution in [0.25, 0.3) is 12.2 Å². The topological polar surface area (TPSA) is 64.6 Å². The summed E-state index contributed by atoms with van der Waals surface area (Å²) < 4.78 is 13.5. The third-order valence-corrected chi connectivity index (χ3v) is 3.83. The summed E-state index contributed by atoms with van der Waals surface area (Å²) in [5, 5.41) is 10.1. The van der Waals surface area contributed by atoms with Crippen molar-refractivity contribution < 1.29 is 31.6 Å². The highest BCUT2D eigenvalue weighted by Gasteiger charge is 2.14. The molecule has 0 saturated carbocycles. The summed E-state index contributed by atoms with van der Waals surface area (Å²) in [5.41, 5.74) is 2.19. The van der Waals surface area contributed by atoms with Crippen LogP contribution in [-0.2, 0) is 14.1 Å². The molecule has 2 aromatic rings. The van der Waals surface area contributed by atoms with E-state index in [0.29, 0.717) is 17.1 Å². The molecule has 24 heavy (non-hydrogen) atoms. The van der Waals surface area contributed by atoms with E-state index in [4.69, 9.17) is 9.47 Å². The molecule has 6 nitrogen and oxygen atoms in total. The van der Waals surface area contributed by atoms with Crippen molar-refractivity contribution in [3.8, 4) is 17.2 Å². The molecule has 0 amide bonds. The average molecular weight is 353 g/mol. The molecular weight excluding hydrogens is 332 g/mol. The van der Waals surface area contributed by atoms with Gasteiger partial charge in [0.2, 0.25) is 5.75 Å². The van der Waals surface area contributed by atoms with Crippen LogP contribution >= 0.6 is 0 Å². The van der Waals surface area contributed by atoms with Crippen molar-refractivity contribution in [1.82, 2.24) is 4.57 Å². The number of aromatic hydroxyl groups is 1. The summed E-state index contributed by atoms with van der Waals surface area (Å²) in [7, 11) is 6.40. The van der Waals surface area contributed by atoms with E-state index in [1.54, 1.807) is 47.5 Å². The Morgan fingerprint density at radius 3 is 2.46 bits per heavy atom. The minimum atomic E-state index is -0.103. The number of aromatic nitrogens is 2. The van der Waals surface area contributed by atoms with E-state index in [-0.39, 0.29) is 23.8 Å². The third kappa shape index (κ3) is 3.54. The van der Waals surface area contributed by atoms with Gasteiger partial charge in [-0.1, -0.05) is 0 Å². The number of hydrogen-bond donors (Lipinski definition) is 1. The summed E-state index contributed by atoms with van der Waals surface area (Å²) >= 11 is 0. The number of halogens is 1. The van der Waals surface area contributed by atoms with Crippen molar-refractivity contribution in [3.05, 3.63) is 45.6 Å². The predicted molar refractivity (Wildman–Crippen MR) is 87.7 cm³/mol.